The minimum Gasteiger partial charge on any atom is -0.380 e. The molecule has 1 heterocycles. The summed E-state index contributed by atoms with van der Waals surface area (Å²) in [5, 5.41) is 10.2. The van der Waals surface area contributed by atoms with Crippen LogP contribution in [0.4, 0.5) is 4.39 Å². The molecule has 0 radical (unpaired) electrons. The van der Waals surface area contributed by atoms with Gasteiger partial charge in [-0.05, 0) is 29.7 Å². The number of aromatic nitrogens is 2. The average Bonchev–Trinajstić information content (AvgIpc) is 2.82. The van der Waals surface area contributed by atoms with E-state index in [4.69, 9.17) is 0 Å². The van der Waals surface area contributed by atoms with Crippen molar-refractivity contribution < 1.29 is 9.50 Å². The van der Waals surface area contributed by atoms with Gasteiger partial charge in [0.2, 0.25) is 0 Å². The van der Waals surface area contributed by atoms with Crippen LogP contribution in [-0.2, 0) is 6.42 Å². The second-order valence-electron chi connectivity index (χ2n) is 3.97. The van der Waals surface area contributed by atoms with Gasteiger partial charge in [0.15, 0.2) is 0 Å². The Kier molecular flexibility index (Phi) is 3.54. The smallest absolute Gasteiger partial charge is 0.139 e. The minimum absolute atomic E-state index is 0.274. The van der Waals surface area contributed by atoms with E-state index in [2.05, 4.69) is 9.97 Å². The maximum atomic E-state index is 13.2. The highest BCUT2D eigenvalue weighted by Crippen LogP contribution is 2.24. The molecule has 0 bridgehead atoms. The van der Waals surface area contributed by atoms with Crippen LogP contribution >= 0.6 is 0 Å². The first-order valence-corrected chi connectivity index (χ1v) is 5.68. The van der Waals surface area contributed by atoms with Crippen LogP contribution < -0.4 is 0 Å². The topological polar surface area (TPSA) is 48.9 Å². The quantitative estimate of drug-likeness (QED) is 0.854. The summed E-state index contributed by atoms with van der Waals surface area (Å²) in [4.78, 5) is 6.88. The Morgan fingerprint density at radius 1 is 1.47 bits per heavy atom. The molecule has 0 unspecified atom stereocenters. The highest BCUT2D eigenvalue weighted by atomic mass is 19.1. The number of hydrogen-bond acceptors (Lipinski definition) is 2. The number of aliphatic hydroxyl groups excluding tert-OH is 1. The number of benzene rings is 1. The van der Waals surface area contributed by atoms with Gasteiger partial charge in [-0.2, -0.15) is 0 Å². The summed E-state index contributed by atoms with van der Waals surface area (Å²) in [6.45, 7) is 2.02. The van der Waals surface area contributed by atoms with Gasteiger partial charge in [-0.25, -0.2) is 9.37 Å². The summed E-state index contributed by atoms with van der Waals surface area (Å²) in [6.07, 6.45) is 4.06. The van der Waals surface area contributed by atoms with Crippen molar-refractivity contribution in [2.75, 3.05) is 0 Å². The molecule has 0 saturated heterocycles. The molecule has 0 aliphatic rings. The summed E-state index contributed by atoms with van der Waals surface area (Å²) >= 11 is 0. The van der Waals surface area contributed by atoms with E-state index in [0.29, 0.717) is 11.4 Å². The van der Waals surface area contributed by atoms with Gasteiger partial charge in [0.05, 0.1) is 0 Å². The van der Waals surface area contributed by atoms with Crippen molar-refractivity contribution >= 4 is 0 Å². The van der Waals surface area contributed by atoms with Crippen molar-refractivity contribution in [3.63, 3.8) is 0 Å². The third-order valence-corrected chi connectivity index (χ3v) is 2.70. The number of halogens is 1. The lowest BCUT2D eigenvalue weighted by Crippen LogP contribution is -2.06. The zero-order valence-corrected chi connectivity index (χ0v) is 9.65. The molecule has 0 aliphatic carbocycles. The molecule has 0 amide bonds. The van der Waals surface area contributed by atoms with Gasteiger partial charge in [-0.1, -0.05) is 19.4 Å². The average molecular weight is 234 g/mol. The SMILES string of the molecule is CCCc1cc(F)ccc1[C@H](O)c1ncc[nH]1. The van der Waals surface area contributed by atoms with Crippen molar-refractivity contribution in [1.82, 2.24) is 9.97 Å². The van der Waals surface area contributed by atoms with E-state index in [1.54, 1.807) is 18.5 Å². The molecule has 1 aromatic heterocycles. The molecule has 1 atom stereocenters. The highest BCUT2D eigenvalue weighted by Gasteiger charge is 2.16. The van der Waals surface area contributed by atoms with Crippen LogP contribution in [0.2, 0.25) is 0 Å². The molecule has 4 heteroatoms. The zero-order valence-electron chi connectivity index (χ0n) is 9.65. The summed E-state index contributed by atoms with van der Waals surface area (Å²) in [6, 6.07) is 4.46. The Labute approximate surface area is 99.3 Å². The fourth-order valence-corrected chi connectivity index (χ4v) is 1.90. The van der Waals surface area contributed by atoms with Crippen LogP contribution in [0.5, 0.6) is 0 Å². The van der Waals surface area contributed by atoms with Gasteiger partial charge in [0, 0.05) is 12.4 Å². The van der Waals surface area contributed by atoms with Gasteiger partial charge in [0.25, 0.3) is 0 Å². The molecule has 1 aromatic carbocycles. The number of aryl methyl sites for hydroxylation is 1. The molecular weight excluding hydrogens is 219 g/mol. The van der Waals surface area contributed by atoms with Gasteiger partial charge in [-0.3, -0.25) is 0 Å². The summed E-state index contributed by atoms with van der Waals surface area (Å²) in [5.74, 6) is 0.206. The van der Waals surface area contributed by atoms with Crippen molar-refractivity contribution in [1.29, 1.82) is 0 Å². The predicted molar refractivity (Wildman–Crippen MR) is 63.0 cm³/mol. The molecule has 0 fully saturated rings. The molecule has 90 valence electrons. The second kappa shape index (κ2) is 5.10. The van der Waals surface area contributed by atoms with E-state index in [1.807, 2.05) is 6.92 Å². The first-order valence-electron chi connectivity index (χ1n) is 5.68. The fraction of sp³-hybridized carbons (Fsp3) is 0.308. The van der Waals surface area contributed by atoms with Crippen molar-refractivity contribution in [3.8, 4) is 0 Å². The van der Waals surface area contributed by atoms with Gasteiger partial charge >= 0.3 is 0 Å². The maximum Gasteiger partial charge on any atom is 0.139 e. The minimum atomic E-state index is -0.827. The van der Waals surface area contributed by atoms with Crippen LogP contribution in [0, 0.1) is 5.82 Å². The Balaban J connectivity index is 2.37. The highest BCUT2D eigenvalue weighted by molar-refractivity contribution is 5.33. The lowest BCUT2D eigenvalue weighted by Gasteiger charge is -2.13. The fourth-order valence-electron chi connectivity index (χ4n) is 1.90. The molecular formula is C13H15FN2O. The normalized spacial score (nSPS) is 12.6. The van der Waals surface area contributed by atoms with E-state index in [1.165, 1.54) is 12.1 Å². The lowest BCUT2D eigenvalue weighted by molar-refractivity contribution is 0.209. The standard InChI is InChI=1S/C13H15FN2O/c1-2-3-9-8-10(14)4-5-11(9)12(17)13-15-6-7-16-13/h4-8,12,17H,2-3H2,1H3,(H,15,16)/t12-/m0/s1. The summed E-state index contributed by atoms with van der Waals surface area (Å²) < 4.78 is 13.2. The molecule has 2 N–H and O–H groups in total. The van der Waals surface area contributed by atoms with Crippen LogP contribution in [-0.4, -0.2) is 15.1 Å². The zero-order chi connectivity index (χ0) is 12.3. The Hall–Kier alpha value is -1.68. The van der Waals surface area contributed by atoms with Gasteiger partial charge in [0.1, 0.15) is 17.7 Å². The monoisotopic (exact) mass is 234 g/mol. The molecule has 0 spiro atoms. The lowest BCUT2D eigenvalue weighted by atomic mass is 9.98. The van der Waals surface area contributed by atoms with Gasteiger partial charge in [-0.15, -0.1) is 0 Å². The first kappa shape index (κ1) is 11.8. The Morgan fingerprint density at radius 3 is 2.94 bits per heavy atom. The molecule has 0 aliphatic heterocycles. The molecule has 0 saturated carbocycles. The molecule has 2 aromatic rings. The van der Waals surface area contributed by atoms with Crippen LogP contribution in [0.25, 0.3) is 0 Å². The van der Waals surface area contributed by atoms with E-state index >= 15 is 0 Å². The number of nitrogens with zero attached hydrogens (tertiary/aromatic N) is 1. The summed E-state index contributed by atoms with van der Waals surface area (Å²) in [5.41, 5.74) is 1.54. The number of nitrogens with one attached hydrogen (secondary N) is 1. The third-order valence-electron chi connectivity index (χ3n) is 2.70. The van der Waals surface area contributed by atoms with Crippen molar-refractivity contribution in [2.24, 2.45) is 0 Å². The number of aliphatic hydroxyl groups is 1. The maximum absolute atomic E-state index is 13.2. The van der Waals surface area contributed by atoms with E-state index in [9.17, 15) is 9.50 Å². The number of rotatable bonds is 4. The third kappa shape index (κ3) is 2.53. The molecule has 2 rings (SSSR count). The number of imidazole rings is 1. The Bertz CT molecular complexity index is 482. The predicted octanol–water partition coefficient (Wildman–Crippen LogP) is 2.58. The number of H-pyrrole nitrogens is 1. The van der Waals surface area contributed by atoms with E-state index in [-0.39, 0.29) is 5.82 Å². The van der Waals surface area contributed by atoms with Gasteiger partial charge < -0.3 is 10.1 Å². The van der Waals surface area contributed by atoms with Crippen LogP contribution in [0.1, 0.15) is 36.4 Å². The summed E-state index contributed by atoms with van der Waals surface area (Å²) in [7, 11) is 0. The van der Waals surface area contributed by atoms with Crippen LogP contribution in [0.3, 0.4) is 0 Å². The van der Waals surface area contributed by atoms with E-state index < -0.39 is 6.10 Å². The van der Waals surface area contributed by atoms with Crippen molar-refractivity contribution in [3.05, 3.63) is 53.4 Å². The molecule has 3 nitrogen and oxygen atoms in total. The van der Waals surface area contributed by atoms with Crippen LogP contribution in [0.15, 0.2) is 30.6 Å². The van der Waals surface area contributed by atoms with Crippen molar-refractivity contribution in [2.45, 2.75) is 25.9 Å². The van der Waals surface area contributed by atoms with E-state index in [0.717, 1.165) is 18.4 Å². The first-order chi connectivity index (χ1) is 8.22. The Morgan fingerprint density at radius 2 is 2.29 bits per heavy atom. The number of aromatic amines is 1. The second-order valence-corrected chi connectivity index (χ2v) is 3.97. The number of hydrogen-bond donors (Lipinski definition) is 2. The largest absolute Gasteiger partial charge is 0.380 e. The molecule has 17 heavy (non-hydrogen) atoms.